The number of nitrogens with zero attached hydrogens (tertiary/aromatic N) is 3. The van der Waals surface area contributed by atoms with Gasteiger partial charge in [-0.3, -0.25) is 14.7 Å². The largest absolute Gasteiger partial charge is 0.469 e. The molecule has 144 valence electrons. The predicted octanol–water partition coefficient (Wildman–Crippen LogP) is 2.48. The predicted molar refractivity (Wildman–Crippen MR) is 101 cm³/mol. The number of aromatic nitrogens is 3. The molecule has 4 rings (SSSR count). The number of amides is 1. The minimum atomic E-state index is -0.281. The number of esters is 1. The van der Waals surface area contributed by atoms with E-state index in [1.807, 2.05) is 11.0 Å². The van der Waals surface area contributed by atoms with E-state index < -0.39 is 0 Å². The Kier molecular flexibility index (Phi) is 5.24. The lowest BCUT2D eigenvalue weighted by molar-refractivity contribution is -0.139. The van der Waals surface area contributed by atoms with Gasteiger partial charge in [-0.25, -0.2) is 4.98 Å². The van der Waals surface area contributed by atoms with Crippen LogP contribution in [0.4, 0.5) is 0 Å². The maximum absolute atomic E-state index is 12.8. The molecule has 0 unspecified atom stereocenters. The van der Waals surface area contributed by atoms with Gasteiger partial charge >= 0.3 is 5.97 Å². The molecule has 2 aromatic rings. The number of piperidine rings is 1. The lowest BCUT2D eigenvalue weighted by atomic mass is 9.93. The topological polar surface area (TPSA) is 88.2 Å². The molecule has 1 N–H and O–H groups in total. The summed E-state index contributed by atoms with van der Waals surface area (Å²) in [6.45, 7) is 1.43. The second kappa shape index (κ2) is 7.80. The number of aryl methyl sites for hydroxylation is 2. The van der Waals surface area contributed by atoms with Crippen LogP contribution in [-0.2, 0) is 28.8 Å². The number of hydrogen-bond acceptors (Lipinski definition) is 6. The van der Waals surface area contributed by atoms with E-state index in [9.17, 15) is 9.59 Å². The number of H-pyrrole nitrogens is 1. The van der Waals surface area contributed by atoms with Crippen LogP contribution in [0.2, 0.25) is 0 Å². The zero-order chi connectivity index (χ0) is 18.8. The number of hydrogen-bond donors (Lipinski definition) is 1. The molecule has 1 aliphatic heterocycles. The van der Waals surface area contributed by atoms with Crippen molar-refractivity contribution >= 4 is 23.2 Å². The summed E-state index contributed by atoms with van der Waals surface area (Å²) in [6.07, 6.45) is 6.41. The fraction of sp³-hybridized carbons (Fsp3) is 0.579. The van der Waals surface area contributed by atoms with Crippen molar-refractivity contribution in [3.63, 3.8) is 0 Å². The second-order valence-corrected chi connectivity index (χ2v) is 8.32. The van der Waals surface area contributed by atoms with Crippen LogP contribution in [0.15, 0.2) is 6.07 Å². The molecule has 1 amide bonds. The molecule has 0 spiro atoms. The molecule has 3 heterocycles. The first kappa shape index (κ1) is 18.2. The molecule has 7 nitrogen and oxygen atoms in total. The van der Waals surface area contributed by atoms with Gasteiger partial charge in [-0.1, -0.05) is 0 Å². The molecule has 0 saturated carbocycles. The molecule has 1 fully saturated rings. The van der Waals surface area contributed by atoms with Crippen LogP contribution < -0.4 is 0 Å². The molecule has 1 saturated heterocycles. The highest BCUT2D eigenvalue weighted by atomic mass is 32.1. The van der Waals surface area contributed by atoms with Gasteiger partial charge in [-0.15, -0.1) is 11.3 Å². The summed E-state index contributed by atoms with van der Waals surface area (Å²) in [5.74, 6) is 0.0965. The number of carbonyl (C=O) groups excluding carboxylic acids is 2. The average molecular weight is 388 g/mol. The Bertz CT molecular complexity index is 812. The maximum atomic E-state index is 12.8. The monoisotopic (exact) mass is 388 g/mol. The van der Waals surface area contributed by atoms with Crippen molar-refractivity contribution < 1.29 is 14.3 Å². The highest BCUT2D eigenvalue weighted by molar-refractivity contribution is 7.13. The van der Waals surface area contributed by atoms with E-state index in [1.54, 1.807) is 11.3 Å². The van der Waals surface area contributed by atoms with Gasteiger partial charge in [-0.05, 0) is 44.6 Å². The first-order valence-corrected chi connectivity index (χ1v) is 10.3. The molecule has 8 heteroatoms. The number of rotatable bonds is 4. The van der Waals surface area contributed by atoms with Gasteiger partial charge in [0, 0.05) is 29.6 Å². The van der Waals surface area contributed by atoms with Crippen molar-refractivity contribution in [3.05, 3.63) is 33.0 Å². The quantitative estimate of drug-likeness (QED) is 0.813. The van der Waals surface area contributed by atoms with E-state index in [0.717, 1.165) is 42.8 Å². The number of likely N-dealkylation sites (tertiary alicyclic amines) is 1. The maximum Gasteiger partial charge on any atom is 0.311 e. The first-order valence-electron chi connectivity index (χ1n) is 9.53. The first-order chi connectivity index (χ1) is 13.1. The van der Waals surface area contributed by atoms with Crippen molar-refractivity contribution in [1.29, 1.82) is 0 Å². The standard InChI is InChI=1S/C19H24N4O3S/c1-26-17(24)11-13-10-15(22-21-13)12-6-8-23(9-7-12)19(25)18-20-14-4-2-3-5-16(14)27-18/h10,12H,2-9,11H2,1H3,(H,21,22). The highest BCUT2D eigenvalue weighted by Crippen LogP contribution is 2.30. The Balaban J connectivity index is 1.35. The summed E-state index contributed by atoms with van der Waals surface area (Å²) < 4.78 is 4.69. The number of methoxy groups -OCH3 is 1. The number of ether oxygens (including phenoxy) is 1. The van der Waals surface area contributed by atoms with Gasteiger partial charge in [0.15, 0.2) is 5.01 Å². The number of aromatic amines is 1. The molecule has 2 aromatic heterocycles. The van der Waals surface area contributed by atoms with E-state index in [0.29, 0.717) is 24.0 Å². The number of nitrogens with one attached hydrogen (secondary N) is 1. The normalized spacial score (nSPS) is 17.6. The highest BCUT2D eigenvalue weighted by Gasteiger charge is 2.28. The summed E-state index contributed by atoms with van der Waals surface area (Å²) in [5, 5.41) is 7.92. The zero-order valence-electron chi connectivity index (χ0n) is 15.5. The van der Waals surface area contributed by atoms with Gasteiger partial charge in [-0.2, -0.15) is 5.10 Å². The fourth-order valence-corrected chi connectivity index (χ4v) is 4.98. The van der Waals surface area contributed by atoms with Gasteiger partial charge in [0.05, 0.1) is 24.9 Å². The summed E-state index contributed by atoms with van der Waals surface area (Å²) in [5.41, 5.74) is 2.87. The van der Waals surface area contributed by atoms with Crippen LogP contribution in [0.3, 0.4) is 0 Å². The van der Waals surface area contributed by atoms with Crippen molar-refractivity contribution in [1.82, 2.24) is 20.1 Å². The number of thiazole rings is 1. The Morgan fingerprint density at radius 1 is 1.30 bits per heavy atom. The fourth-order valence-electron chi connectivity index (χ4n) is 3.86. The lowest BCUT2D eigenvalue weighted by Crippen LogP contribution is -2.38. The molecule has 2 aliphatic rings. The van der Waals surface area contributed by atoms with Crippen molar-refractivity contribution in [3.8, 4) is 0 Å². The summed E-state index contributed by atoms with van der Waals surface area (Å²) >= 11 is 1.58. The summed E-state index contributed by atoms with van der Waals surface area (Å²) in [6, 6.07) is 1.94. The Labute approximate surface area is 162 Å². The van der Waals surface area contributed by atoms with Gasteiger partial charge in [0.2, 0.25) is 0 Å². The van der Waals surface area contributed by atoms with E-state index in [4.69, 9.17) is 0 Å². The van der Waals surface area contributed by atoms with Crippen molar-refractivity contribution in [2.75, 3.05) is 20.2 Å². The summed E-state index contributed by atoms with van der Waals surface area (Å²) in [4.78, 5) is 32.0. The second-order valence-electron chi connectivity index (χ2n) is 7.23. The SMILES string of the molecule is COC(=O)Cc1cc(C2CCN(C(=O)c3nc4c(s3)CCCC4)CC2)n[nH]1. The molecule has 0 atom stereocenters. The third-order valence-corrected chi connectivity index (χ3v) is 6.59. The zero-order valence-corrected chi connectivity index (χ0v) is 16.3. The Hall–Kier alpha value is -2.22. The number of carbonyl (C=O) groups is 2. The van der Waals surface area contributed by atoms with Gasteiger partial charge in [0.25, 0.3) is 5.91 Å². The van der Waals surface area contributed by atoms with Crippen LogP contribution in [-0.4, -0.2) is 52.2 Å². The average Bonchev–Trinajstić information content (AvgIpc) is 3.34. The molecular weight excluding hydrogens is 364 g/mol. The van der Waals surface area contributed by atoms with Crippen LogP contribution in [0.5, 0.6) is 0 Å². The Morgan fingerprint density at radius 2 is 2.07 bits per heavy atom. The molecule has 1 aliphatic carbocycles. The van der Waals surface area contributed by atoms with E-state index in [2.05, 4.69) is 19.9 Å². The molecular formula is C19H24N4O3S. The van der Waals surface area contributed by atoms with E-state index in [-0.39, 0.29) is 18.3 Å². The molecule has 0 aromatic carbocycles. The molecule has 0 bridgehead atoms. The van der Waals surface area contributed by atoms with E-state index >= 15 is 0 Å². The van der Waals surface area contributed by atoms with Crippen LogP contribution in [0.25, 0.3) is 0 Å². The molecule has 0 radical (unpaired) electrons. The van der Waals surface area contributed by atoms with E-state index in [1.165, 1.54) is 24.8 Å². The smallest absolute Gasteiger partial charge is 0.311 e. The third-order valence-electron chi connectivity index (χ3n) is 5.44. The third kappa shape index (κ3) is 3.90. The summed E-state index contributed by atoms with van der Waals surface area (Å²) in [7, 11) is 1.38. The van der Waals surface area contributed by atoms with Crippen molar-refractivity contribution in [2.45, 2.75) is 50.9 Å². The number of fused-ring (bicyclic) bond motifs is 1. The minimum Gasteiger partial charge on any atom is -0.469 e. The van der Waals surface area contributed by atoms with Gasteiger partial charge < -0.3 is 9.64 Å². The minimum absolute atomic E-state index is 0.0706. The van der Waals surface area contributed by atoms with Crippen LogP contribution in [0, 0.1) is 0 Å². The van der Waals surface area contributed by atoms with Crippen LogP contribution >= 0.6 is 11.3 Å². The lowest BCUT2D eigenvalue weighted by Gasteiger charge is -2.30. The van der Waals surface area contributed by atoms with Gasteiger partial charge in [0.1, 0.15) is 0 Å². The van der Waals surface area contributed by atoms with Crippen LogP contribution in [0.1, 0.15) is 63.4 Å². The molecule has 27 heavy (non-hydrogen) atoms. The Morgan fingerprint density at radius 3 is 2.81 bits per heavy atom. The van der Waals surface area contributed by atoms with Crippen molar-refractivity contribution in [2.24, 2.45) is 0 Å².